The molecule has 7 heteroatoms. The molecule has 2 fully saturated rings. The summed E-state index contributed by atoms with van der Waals surface area (Å²) >= 11 is 0. The highest BCUT2D eigenvalue weighted by Crippen LogP contribution is 2.19. The minimum atomic E-state index is 0. The number of hydrogen-bond acceptors (Lipinski definition) is 4. The zero-order valence-corrected chi connectivity index (χ0v) is 18.7. The summed E-state index contributed by atoms with van der Waals surface area (Å²) in [6.45, 7) is 7.61. The molecule has 0 radical (unpaired) electrons. The van der Waals surface area contributed by atoms with E-state index in [1.807, 2.05) is 0 Å². The minimum Gasteiger partial charge on any atom is -0.379 e. The van der Waals surface area contributed by atoms with Crippen LogP contribution in [-0.4, -0.2) is 64.2 Å². The molecule has 2 aliphatic rings. The van der Waals surface area contributed by atoms with Crippen molar-refractivity contribution in [3.8, 4) is 0 Å². The predicted molar refractivity (Wildman–Crippen MR) is 117 cm³/mol. The highest BCUT2D eigenvalue weighted by Gasteiger charge is 2.15. The van der Waals surface area contributed by atoms with Crippen LogP contribution in [0.2, 0.25) is 0 Å². The van der Waals surface area contributed by atoms with Crippen LogP contribution < -0.4 is 10.6 Å². The van der Waals surface area contributed by atoms with Crippen LogP contribution in [0.3, 0.4) is 0 Å². The van der Waals surface area contributed by atoms with E-state index in [1.54, 1.807) is 0 Å². The monoisotopic (exact) mass is 483 g/mol. The molecule has 1 saturated carbocycles. The van der Waals surface area contributed by atoms with Gasteiger partial charge in [-0.05, 0) is 32.6 Å². The Labute approximate surface area is 176 Å². The first-order valence-electron chi connectivity index (χ1n) is 10.2. The van der Waals surface area contributed by atoms with Gasteiger partial charge in [-0.1, -0.05) is 25.7 Å². The Morgan fingerprint density at radius 3 is 2.46 bits per heavy atom. The Balaban J connectivity index is 0.00000338. The van der Waals surface area contributed by atoms with Crippen molar-refractivity contribution in [1.29, 1.82) is 0 Å². The summed E-state index contributed by atoms with van der Waals surface area (Å²) < 4.78 is 17.1. The Bertz CT molecular complexity index is 358. The Morgan fingerprint density at radius 2 is 1.77 bits per heavy atom. The fourth-order valence-electron chi connectivity index (χ4n) is 3.30. The summed E-state index contributed by atoms with van der Waals surface area (Å²) in [4.78, 5) is 4.60. The average Bonchev–Trinajstić information content (AvgIpc) is 3.00. The van der Waals surface area contributed by atoms with Crippen molar-refractivity contribution in [2.24, 2.45) is 4.99 Å². The smallest absolute Gasteiger partial charge is 0.191 e. The quantitative estimate of drug-likeness (QED) is 0.164. The van der Waals surface area contributed by atoms with E-state index >= 15 is 0 Å². The van der Waals surface area contributed by atoms with Crippen molar-refractivity contribution in [1.82, 2.24) is 10.6 Å². The molecule has 1 atom stereocenters. The van der Waals surface area contributed by atoms with Gasteiger partial charge >= 0.3 is 0 Å². The van der Waals surface area contributed by atoms with Crippen LogP contribution in [0.25, 0.3) is 0 Å². The first-order valence-corrected chi connectivity index (χ1v) is 10.2. The first kappa shape index (κ1) is 23.9. The molecule has 1 heterocycles. The fraction of sp³-hybridized carbons (Fsp3) is 0.947. The molecule has 6 nitrogen and oxygen atoms in total. The number of nitrogens with one attached hydrogen (secondary N) is 2. The molecule has 1 aliphatic heterocycles. The fourth-order valence-corrected chi connectivity index (χ4v) is 3.30. The largest absolute Gasteiger partial charge is 0.379 e. The zero-order chi connectivity index (χ0) is 17.6. The van der Waals surface area contributed by atoms with E-state index in [0.29, 0.717) is 6.10 Å². The van der Waals surface area contributed by atoms with Crippen LogP contribution in [0.4, 0.5) is 0 Å². The molecule has 1 saturated heterocycles. The SMILES string of the molecule is CCNC(=NCCCOC1CCOC1)NCCOC1CCCCCC1.I. The van der Waals surface area contributed by atoms with Crippen LogP contribution in [0.15, 0.2) is 4.99 Å². The molecule has 2 N–H and O–H groups in total. The second kappa shape index (κ2) is 15.9. The molecule has 26 heavy (non-hydrogen) atoms. The van der Waals surface area contributed by atoms with Gasteiger partial charge in [-0.3, -0.25) is 4.99 Å². The van der Waals surface area contributed by atoms with Gasteiger partial charge in [-0.25, -0.2) is 0 Å². The van der Waals surface area contributed by atoms with Crippen molar-refractivity contribution in [3.63, 3.8) is 0 Å². The van der Waals surface area contributed by atoms with E-state index in [2.05, 4.69) is 22.5 Å². The van der Waals surface area contributed by atoms with Crippen molar-refractivity contribution in [2.75, 3.05) is 46.1 Å². The molecule has 0 bridgehead atoms. The molecule has 2 rings (SSSR count). The lowest BCUT2D eigenvalue weighted by atomic mass is 10.1. The maximum Gasteiger partial charge on any atom is 0.191 e. The van der Waals surface area contributed by atoms with Gasteiger partial charge in [0.05, 0.1) is 25.4 Å². The highest BCUT2D eigenvalue weighted by atomic mass is 127. The van der Waals surface area contributed by atoms with E-state index in [0.717, 1.165) is 64.9 Å². The van der Waals surface area contributed by atoms with Crippen LogP contribution in [0, 0.1) is 0 Å². The third-order valence-corrected chi connectivity index (χ3v) is 4.71. The van der Waals surface area contributed by atoms with E-state index < -0.39 is 0 Å². The van der Waals surface area contributed by atoms with Gasteiger partial charge in [0.2, 0.25) is 0 Å². The maximum atomic E-state index is 6.01. The third-order valence-electron chi connectivity index (χ3n) is 4.71. The molecule has 0 spiro atoms. The second-order valence-corrected chi connectivity index (χ2v) is 6.88. The first-order chi connectivity index (χ1) is 12.4. The number of halogens is 1. The number of nitrogens with zero attached hydrogens (tertiary/aromatic N) is 1. The van der Waals surface area contributed by atoms with Crippen molar-refractivity contribution >= 4 is 29.9 Å². The Kier molecular flexibility index (Phi) is 14.6. The minimum absolute atomic E-state index is 0. The van der Waals surface area contributed by atoms with Gasteiger partial charge in [-0.15, -0.1) is 24.0 Å². The molecule has 0 aromatic carbocycles. The van der Waals surface area contributed by atoms with Gasteiger partial charge < -0.3 is 24.8 Å². The van der Waals surface area contributed by atoms with Crippen molar-refractivity contribution < 1.29 is 14.2 Å². The summed E-state index contributed by atoms with van der Waals surface area (Å²) in [6, 6.07) is 0. The summed E-state index contributed by atoms with van der Waals surface area (Å²) in [5.74, 6) is 0.871. The summed E-state index contributed by atoms with van der Waals surface area (Å²) in [5, 5.41) is 6.65. The predicted octanol–water partition coefficient (Wildman–Crippen LogP) is 3.09. The molecule has 1 unspecified atom stereocenters. The Morgan fingerprint density at radius 1 is 1.00 bits per heavy atom. The molecule has 1 aliphatic carbocycles. The highest BCUT2D eigenvalue weighted by molar-refractivity contribution is 14.0. The third kappa shape index (κ3) is 10.9. The summed E-state index contributed by atoms with van der Waals surface area (Å²) in [6.07, 6.45) is 10.5. The van der Waals surface area contributed by atoms with Gasteiger partial charge in [0.1, 0.15) is 0 Å². The van der Waals surface area contributed by atoms with E-state index in [4.69, 9.17) is 14.2 Å². The van der Waals surface area contributed by atoms with E-state index in [9.17, 15) is 0 Å². The van der Waals surface area contributed by atoms with Crippen LogP contribution in [0.5, 0.6) is 0 Å². The number of aliphatic imine (C=N–C) groups is 1. The second-order valence-electron chi connectivity index (χ2n) is 6.88. The number of ether oxygens (including phenoxy) is 3. The van der Waals surface area contributed by atoms with Gasteiger partial charge in [0.25, 0.3) is 0 Å². The number of hydrogen-bond donors (Lipinski definition) is 2. The van der Waals surface area contributed by atoms with Gasteiger partial charge in [-0.2, -0.15) is 0 Å². The summed E-state index contributed by atoms with van der Waals surface area (Å²) in [5.41, 5.74) is 0. The molecule has 154 valence electrons. The standard InChI is InChI=1S/C19H37N3O3.HI/c1-2-20-19(21-11-7-13-24-18-10-14-23-16-18)22-12-15-25-17-8-5-3-4-6-9-17;/h17-18H,2-16H2,1H3,(H2,20,21,22);1H. The summed E-state index contributed by atoms with van der Waals surface area (Å²) in [7, 11) is 0. The van der Waals surface area contributed by atoms with Crippen molar-refractivity contribution in [2.45, 2.75) is 70.5 Å². The van der Waals surface area contributed by atoms with Gasteiger partial charge in [0, 0.05) is 32.8 Å². The molecular formula is C19H38IN3O3. The molecule has 0 amide bonds. The number of rotatable bonds is 10. The van der Waals surface area contributed by atoms with Crippen molar-refractivity contribution in [3.05, 3.63) is 0 Å². The maximum absolute atomic E-state index is 6.01. The van der Waals surface area contributed by atoms with Gasteiger partial charge in [0.15, 0.2) is 5.96 Å². The molecule has 0 aromatic rings. The lowest BCUT2D eigenvalue weighted by molar-refractivity contribution is 0.0423. The number of guanidine groups is 1. The normalized spacial score (nSPS) is 21.9. The molecular weight excluding hydrogens is 445 g/mol. The average molecular weight is 483 g/mol. The lowest BCUT2D eigenvalue weighted by Gasteiger charge is -2.16. The van der Waals surface area contributed by atoms with Crippen LogP contribution in [0.1, 0.15) is 58.3 Å². The topological polar surface area (TPSA) is 64.1 Å². The van der Waals surface area contributed by atoms with E-state index in [1.165, 1.54) is 38.5 Å². The molecule has 0 aromatic heterocycles. The Hall–Kier alpha value is -0.120. The van der Waals surface area contributed by atoms with Crippen LogP contribution >= 0.6 is 24.0 Å². The zero-order valence-electron chi connectivity index (χ0n) is 16.3. The van der Waals surface area contributed by atoms with Crippen LogP contribution in [-0.2, 0) is 14.2 Å². The van der Waals surface area contributed by atoms with E-state index in [-0.39, 0.29) is 30.1 Å². The lowest BCUT2D eigenvalue weighted by Crippen LogP contribution is -2.39.